The average Bonchev–Trinajstić information content (AvgIpc) is 2.35. The van der Waals surface area contributed by atoms with E-state index < -0.39 is 5.60 Å². The third kappa shape index (κ3) is 3.91. The van der Waals surface area contributed by atoms with Gasteiger partial charge in [0.25, 0.3) is 0 Å². The minimum absolute atomic E-state index is 0.343. The molecule has 0 heterocycles. The molecule has 1 aromatic rings. The zero-order chi connectivity index (χ0) is 13.6. The van der Waals surface area contributed by atoms with E-state index in [-0.39, 0.29) is 0 Å². The summed E-state index contributed by atoms with van der Waals surface area (Å²) in [5, 5.41) is 22.0. The normalized spacial score (nSPS) is 13.7. The van der Waals surface area contributed by atoms with Crippen molar-refractivity contribution in [3.8, 4) is 6.07 Å². The van der Waals surface area contributed by atoms with E-state index in [0.717, 1.165) is 0 Å². The highest BCUT2D eigenvalue weighted by atomic mass is 16.5. The van der Waals surface area contributed by atoms with Crippen LogP contribution >= 0.6 is 0 Å². The fraction of sp³-hybridized carbons (Fsp3) is 0.462. The highest BCUT2D eigenvalue weighted by Crippen LogP contribution is 2.23. The van der Waals surface area contributed by atoms with Crippen LogP contribution in [-0.4, -0.2) is 31.0 Å². The molecule has 1 atom stereocenters. The van der Waals surface area contributed by atoms with Gasteiger partial charge in [0.1, 0.15) is 6.07 Å². The lowest BCUT2D eigenvalue weighted by molar-refractivity contribution is 0.0358. The van der Waals surface area contributed by atoms with E-state index in [9.17, 15) is 5.11 Å². The van der Waals surface area contributed by atoms with Crippen LogP contribution in [-0.2, 0) is 4.74 Å². The van der Waals surface area contributed by atoms with Crippen molar-refractivity contribution in [3.63, 3.8) is 0 Å². The van der Waals surface area contributed by atoms with E-state index in [1.165, 1.54) is 0 Å². The molecule has 0 radical (unpaired) electrons. The monoisotopic (exact) mass is 249 g/mol. The van der Waals surface area contributed by atoms with Crippen LogP contribution in [0.15, 0.2) is 18.2 Å². The van der Waals surface area contributed by atoms with E-state index in [1.807, 2.05) is 6.07 Å². The SMILES string of the molecule is COCCC(C)(O)CNc1cccc(C#N)c1N. The summed E-state index contributed by atoms with van der Waals surface area (Å²) >= 11 is 0. The number of nitriles is 1. The number of anilines is 2. The Balaban J connectivity index is 2.66. The van der Waals surface area contributed by atoms with Gasteiger partial charge >= 0.3 is 0 Å². The number of benzene rings is 1. The molecule has 0 aliphatic carbocycles. The molecule has 0 saturated heterocycles. The molecule has 98 valence electrons. The Morgan fingerprint density at radius 2 is 2.28 bits per heavy atom. The second-order valence-corrected chi connectivity index (χ2v) is 4.47. The molecule has 1 aromatic carbocycles. The summed E-state index contributed by atoms with van der Waals surface area (Å²) in [6, 6.07) is 7.21. The largest absolute Gasteiger partial charge is 0.396 e. The van der Waals surface area contributed by atoms with Crippen LogP contribution in [0.1, 0.15) is 18.9 Å². The minimum atomic E-state index is -0.884. The molecule has 1 rings (SSSR count). The van der Waals surface area contributed by atoms with Gasteiger partial charge in [0.15, 0.2) is 0 Å². The number of rotatable bonds is 6. The number of ether oxygens (including phenoxy) is 1. The summed E-state index contributed by atoms with van der Waals surface area (Å²) < 4.78 is 4.93. The molecular weight excluding hydrogens is 230 g/mol. The maximum Gasteiger partial charge on any atom is 0.101 e. The van der Waals surface area contributed by atoms with Crippen molar-refractivity contribution in [2.24, 2.45) is 0 Å². The van der Waals surface area contributed by atoms with E-state index in [4.69, 9.17) is 15.7 Å². The lowest BCUT2D eigenvalue weighted by Crippen LogP contribution is -2.34. The van der Waals surface area contributed by atoms with Crippen molar-refractivity contribution < 1.29 is 9.84 Å². The molecule has 0 saturated carbocycles. The van der Waals surface area contributed by atoms with E-state index in [2.05, 4.69) is 5.32 Å². The maximum atomic E-state index is 10.1. The van der Waals surface area contributed by atoms with Crippen LogP contribution in [0.3, 0.4) is 0 Å². The number of nitrogen functional groups attached to an aromatic ring is 1. The molecule has 0 amide bonds. The van der Waals surface area contributed by atoms with Crippen LogP contribution < -0.4 is 11.1 Å². The first kappa shape index (κ1) is 14.3. The van der Waals surface area contributed by atoms with Gasteiger partial charge in [-0.1, -0.05) is 6.07 Å². The molecule has 0 aromatic heterocycles. The highest BCUT2D eigenvalue weighted by molar-refractivity contribution is 5.72. The topological polar surface area (TPSA) is 91.3 Å². The number of para-hydroxylation sites is 1. The van der Waals surface area contributed by atoms with Gasteiger partial charge in [0.05, 0.1) is 22.5 Å². The van der Waals surface area contributed by atoms with Crippen molar-refractivity contribution in [1.29, 1.82) is 5.26 Å². The van der Waals surface area contributed by atoms with Crippen LogP contribution in [0.5, 0.6) is 0 Å². The molecule has 0 spiro atoms. The fourth-order valence-electron chi connectivity index (χ4n) is 1.51. The second-order valence-electron chi connectivity index (χ2n) is 4.47. The molecule has 18 heavy (non-hydrogen) atoms. The first-order valence-corrected chi connectivity index (χ1v) is 5.74. The van der Waals surface area contributed by atoms with Crippen molar-refractivity contribution in [2.45, 2.75) is 18.9 Å². The lowest BCUT2D eigenvalue weighted by Gasteiger charge is -2.24. The number of aliphatic hydroxyl groups is 1. The number of nitrogens with one attached hydrogen (secondary N) is 1. The minimum Gasteiger partial charge on any atom is -0.396 e. The molecule has 1 unspecified atom stereocenters. The van der Waals surface area contributed by atoms with Gasteiger partial charge in [-0.2, -0.15) is 5.26 Å². The molecule has 0 fully saturated rings. The van der Waals surface area contributed by atoms with Crippen molar-refractivity contribution in [1.82, 2.24) is 0 Å². The predicted octanol–water partition coefficient (Wildman–Crippen LogP) is 1.34. The summed E-state index contributed by atoms with van der Waals surface area (Å²) in [7, 11) is 1.60. The third-order valence-electron chi connectivity index (χ3n) is 2.73. The van der Waals surface area contributed by atoms with Crippen molar-refractivity contribution in [2.75, 3.05) is 31.3 Å². The standard InChI is InChI=1S/C13H19N3O2/c1-13(17,6-7-18-2)9-16-11-5-3-4-10(8-14)12(11)15/h3-5,16-17H,6-7,9,15H2,1-2H3. The van der Waals surface area contributed by atoms with E-state index in [0.29, 0.717) is 36.5 Å². The Morgan fingerprint density at radius 3 is 2.89 bits per heavy atom. The Hall–Kier alpha value is -1.77. The van der Waals surface area contributed by atoms with Crippen molar-refractivity contribution >= 4 is 11.4 Å². The van der Waals surface area contributed by atoms with Gasteiger partial charge < -0.3 is 20.9 Å². The van der Waals surface area contributed by atoms with Gasteiger partial charge in [-0.15, -0.1) is 0 Å². The van der Waals surface area contributed by atoms with Crippen LogP contribution in [0.2, 0.25) is 0 Å². The molecule has 5 heteroatoms. The average molecular weight is 249 g/mol. The number of hydrogen-bond acceptors (Lipinski definition) is 5. The fourth-order valence-corrected chi connectivity index (χ4v) is 1.51. The first-order chi connectivity index (χ1) is 8.50. The molecule has 0 bridgehead atoms. The Labute approximate surface area is 107 Å². The molecule has 0 aliphatic heterocycles. The van der Waals surface area contributed by atoms with Gasteiger partial charge in [-0.05, 0) is 19.1 Å². The number of methoxy groups -OCH3 is 1. The van der Waals surface area contributed by atoms with E-state index >= 15 is 0 Å². The summed E-state index contributed by atoms with van der Waals surface area (Å²) in [5.41, 5.74) is 6.44. The number of nitrogens with zero attached hydrogens (tertiary/aromatic N) is 1. The number of nitrogens with two attached hydrogens (primary N) is 1. The number of hydrogen-bond donors (Lipinski definition) is 3. The van der Waals surface area contributed by atoms with Crippen molar-refractivity contribution in [3.05, 3.63) is 23.8 Å². The van der Waals surface area contributed by atoms with Gasteiger partial charge in [-0.3, -0.25) is 0 Å². The summed E-state index contributed by atoms with van der Waals surface area (Å²) in [6.07, 6.45) is 0.522. The Morgan fingerprint density at radius 1 is 1.56 bits per heavy atom. The zero-order valence-electron chi connectivity index (χ0n) is 10.7. The zero-order valence-corrected chi connectivity index (χ0v) is 10.7. The highest BCUT2D eigenvalue weighted by Gasteiger charge is 2.20. The summed E-state index contributed by atoms with van der Waals surface area (Å²) in [5.74, 6) is 0. The smallest absolute Gasteiger partial charge is 0.101 e. The maximum absolute atomic E-state index is 10.1. The van der Waals surface area contributed by atoms with Gasteiger partial charge in [0, 0.05) is 26.7 Å². The molecule has 0 aliphatic rings. The molecule has 4 N–H and O–H groups in total. The Kier molecular flexibility index (Phi) is 4.95. The van der Waals surface area contributed by atoms with E-state index in [1.54, 1.807) is 32.2 Å². The second kappa shape index (κ2) is 6.24. The first-order valence-electron chi connectivity index (χ1n) is 5.74. The third-order valence-corrected chi connectivity index (χ3v) is 2.73. The lowest BCUT2D eigenvalue weighted by atomic mass is 10.0. The summed E-state index contributed by atoms with van der Waals surface area (Å²) in [6.45, 7) is 2.56. The summed E-state index contributed by atoms with van der Waals surface area (Å²) in [4.78, 5) is 0. The Bertz CT molecular complexity index is 438. The molecule has 5 nitrogen and oxygen atoms in total. The van der Waals surface area contributed by atoms with Gasteiger partial charge in [0.2, 0.25) is 0 Å². The molecular formula is C13H19N3O2. The predicted molar refractivity (Wildman–Crippen MR) is 71.2 cm³/mol. The van der Waals surface area contributed by atoms with Gasteiger partial charge in [-0.25, -0.2) is 0 Å². The van der Waals surface area contributed by atoms with Crippen LogP contribution in [0.4, 0.5) is 11.4 Å². The van der Waals surface area contributed by atoms with Crippen LogP contribution in [0, 0.1) is 11.3 Å². The van der Waals surface area contributed by atoms with Crippen LogP contribution in [0.25, 0.3) is 0 Å². The quantitative estimate of drug-likeness (QED) is 0.662.